The van der Waals surface area contributed by atoms with Gasteiger partial charge in [-0.15, -0.1) is 11.8 Å². The fourth-order valence-electron chi connectivity index (χ4n) is 1.71. The molecule has 4 nitrogen and oxygen atoms in total. The van der Waals surface area contributed by atoms with Gasteiger partial charge in [-0.25, -0.2) is 9.18 Å². The van der Waals surface area contributed by atoms with Gasteiger partial charge in [-0.2, -0.15) is 0 Å². The minimum atomic E-state index is -1.02. The summed E-state index contributed by atoms with van der Waals surface area (Å²) in [6.45, 7) is 0. The van der Waals surface area contributed by atoms with Crippen molar-refractivity contribution in [2.45, 2.75) is 17.7 Å². The van der Waals surface area contributed by atoms with Crippen molar-refractivity contribution in [1.82, 2.24) is 5.32 Å². The van der Waals surface area contributed by atoms with Crippen molar-refractivity contribution in [1.29, 1.82) is 0 Å². The second-order valence-electron chi connectivity index (χ2n) is 4.05. The van der Waals surface area contributed by atoms with E-state index in [0.29, 0.717) is 12.2 Å². The predicted octanol–water partition coefficient (Wildman–Crippen LogP) is 1.05. The first kappa shape index (κ1) is 12.9. The van der Waals surface area contributed by atoms with Crippen LogP contribution >= 0.6 is 11.8 Å². The molecule has 1 aliphatic rings. The molecule has 0 radical (unpaired) electrons. The molecule has 2 N–H and O–H groups in total. The third-order valence-corrected chi connectivity index (χ3v) is 4.01. The van der Waals surface area contributed by atoms with E-state index in [-0.39, 0.29) is 17.0 Å². The number of rotatable bonds is 3. The maximum absolute atomic E-state index is 12.7. The van der Waals surface area contributed by atoms with E-state index in [1.807, 2.05) is 0 Å². The molecule has 0 unspecified atom stereocenters. The van der Waals surface area contributed by atoms with Gasteiger partial charge in [-0.1, -0.05) is 12.1 Å². The van der Waals surface area contributed by atoms with Crippen LogP contribution in [0.5, 0.6) is 0 Å². The van der Waals surface area contributed by atoms with Gasteiger partial charge in [0, 0.05) is 5.75 Å². The van der Waals surface area contributed by atoms with Gasteiger partial charge in [0.2, 0.25) is 5.91 Å². The summed E-state index contributed by atoms with van der Waals surface area (Å²) in [5.41, 5.74) is 0.859. The van der Waals surface area contributed by atoms with Crippen LogP contribution in [0.3, 0.4) is 0 Å². The Kier molecular flexibility index (Phi) is 3.86. The quantitative estimate of drug-likeness (QED) is 0.861. The molecular formula is C12H12FNO3S. The van der Waals surface area contributed by atoms with E-state index in [2.05, 4.69) is 5.32 Å². The first-order chi connectivity index (χ1) is 8.56. The van der Waals surface area contributed by atoms with Crippen molar-refractivity contribution < 1.29 is 19.1 Å². The lowest BCUT2D eigenvalue weighted by Gasteiger charge is -2.26. The van der Waals surface area contributed by atoms with E-state index in [4.69, 9.17) is 5.11 Å². The Morgan fingerprint density at radius 1 is 1.44 bits per heavy atom. The maximum atomic E-state index is 12.7. The number of nitrogens with one attached hydrogen (secondary N) is 1. The maximum Gasteiger partial charge on any atom is 0.327 e. The summed E-state index contributed by atoms with van der Waals surface area (Å²) >= 11 is 1.32. The monoisotopic (exact) mass is 269 g/mol. The Morgan fingerprint density at radius 3 is 2.67 bits per heavy atom. The molecule has 6 heteroatoms. The summed E-state index contributed by atoms with van der Waals surface area (Å²) in [6, 6.07) is 5.15. The molecule has 1 aliphatic heterocycles. The molecule has 1 aromatic carbocycles. The van der Waals surface area contributed by atoms with Crippen LogP contribution in [0.25, 0.3) is 0 Å². The summed E-state index contributed by atoms with van der Waals surface area (Å²) in [7, 11) is 0. The van der Waals surface area contributed by atoms with Crippen molar-refractivity contribution in [2.75, 3.05) is 5.75 Å². The predicted molar refractivity (Wildman–Crippen MR) is 65.9 cm³/mol. The van der Waals surface area contributed by atoms with Crippen LogP contribution in [0, 0.1) is 5.82 Å². The van der Waals surface area contributed by atoms with Crippen LogP contribution in [-0.2, 0) is 16.0 Å². The molecule has 1 amide bonds. The number of amides is 1. The number of halogens is 1. The van der Waals surface area contributed by atoms with Crippen LogP contribution in [-0.4, -0.2) is 34.0 Å². The number of aliphatic carboxylic acids is 1. The van der Waals surface area contributed by atoms with Crippen molar-refractivity contribution in [3.8, 4) is 0 Å². The van der Waals surface area contributed by atoms with E-state index in [9.17, 15) is 14.0 Å². The lowest BCUT2D eigenvalue weighted by molar-refractivity contribution is -0.141. The fraction of sp³-hybridized carbons (Fsp3) is 0.333. The number of carboxylic acids is 1. The van der Waals surface area contributed by atoms with Crippen LogP contribution in [0.2, 0.25) is 0 Å². The summed E-state index contributed by atoms with van der Waals surface area (Å²) in [5, 5.41) is 10.9. The third-order valence-electron chi connectivity index (χ3n) is 2.71. The molecule has 0 bridgehead atoms. The molecule has 1 heterocycles. The van der Waals surface area contributed by atoms with E-state index in [1.54, 1.807) is 12.1 Å². The number of hydrogen-bond acceptors (Lipinski definition) is 3. The van der Waals surface area contributed by atoms with Gasteiger partial charge < -0.3 is 10.4 Å². The topological polar surface area (TPSA) is 66.4 Å². The zero-order chi connectivity index (χ0) is 13.1. The average Bonchev–Trinajstić information content (AvgIpc) is 2.34. The van der Waals surface area contributed by atoms with E-state index < -0.39 is 12.0 Å². The molecule has 2 atom stereocenters. The van der Waals surface area contributed by atoms with Gasteiger partial charge in [-0.05, 0) is 24.1 Å². The largest absolute Gasteiger partial charge is 0.480 e. The summed E-state index contributed by atoms with van der Waals surface area (Å²) in [5.74, 6) is -1.25. The molecular weight excluding hydrogens is 257 g/mol. The molecule has 0 spiro atoms. The number of carbonyl (C=O) groups is 2. The highest BCUT2D eigenvalue weighted by Gasteiger charge is 2.32. The molecule has 1 fully saturated rings. The van der Waals surface area contributed by atoms with E-state index >= 15 is 0 Å². The second-order valence-corrected chi connectivity index (χ2v) is 5.29. The number of hydrogen-bond donors (Lipinski definition) is 2. The summed E-state index contributed by atoms with van der Waals surface area (Å²) in [6.07, 6.45) is 0.475. The van der Waals surface area contributed by atoms with Gasteiger partial charge in [0.1, 0.15) is 11.9 Å². The van der Waals surface area contributed by atoms with Crippen molar-refractivity contribution in [2.24, 2.45) is 0 Å². The Morgan fingerprint density at radius 2 is 2.11 bits per heavy atom. The standard InChI is InChI=1S/C12H12FNO3S/c13-8-3-1-7(2-4-8)5-10-11(15)14-9(6-18-10)12(16)17/h1-4,9-10H,5-6H2,(H,14,15)(H,16,17)/t9-,10+/m0/s1. The van der Waals surface area contributed by atoms with Crippen LogP contribution in [0.4, 0.5) is 4.39 Å². The molecule has 0 aliphatic carbocycles. The molecule has 18 heavy (non-hydrogen) atoms. The van der Waals surface area contributed by atoms with E-state index in [1.165, 1.54) is 23.9 Å². The second kappa shape index (κ2) is 5.39. The van der Waals surface area contributed by atoms with E-state index in [0.717, 1.165) is 5.56 Å². The number of benzene rings is 1. The lowest BCUT2D eigenvalue weighted by atomic mass is 10.1. The molecule has 0 aromatic heterocycles. The zero-order valence-electron chi connectivity index (χ0n) is 9.43. The van der Waals surface area contributed by atoms with Crippen molar-refractivity contribution in [3.05, 3.63) is 35.6 Å². The van der Waals surface area contributed by atoms with Crippen LogP contribution < -0.4 is 5.32 Å². The van der Waals surface area contributed by atoms with Gasteiger partial charge in [0.05, 0.1) is 5.25 Å². The Bertz CT molecular complexity index is 463. The number of carbonyl (C=O) groups excluding carboxylic acids is 1. The molecule has 1 saturated heterocycles. The van der Waals surface area contributed by atoms with Crippen molar-refractivity contribution in [3.63, 3.8) is 0 Å². The van der Waals surface area contributed by atoms with Gasteiger partial charge in [0.25, 0.3) is 0 Å². The fourth-order valence-corrected chi connectivity index (χ4v) is 2.89. The first-order valence-corrected chi connectivity index (χ1v) is 6.50. The molecule has 1 aromatic rings. The molecule has 96 valence electrons. The highest BCUT2D eigenvalue weighted by Crippen LogP contribution is 2.22. The summed E-state index contributed by atoms with van der Waals surface area (Å²) < 4.78 is 12.7. The highest BCUT2D eigenvalue weighted by molar-refractivity contribution is 8.00. The Labute approximate surface area is 108 Å². The minimum absolute atomic E-state index is 0.275. The van der Waals surface area contributed by atoms with Gasteiger partial charge >= 0.3 is 5.97 Å². The smallest absolute Gasteiger partial charge is 0.327 e. The number of thioether (sulfide) groups is 1. The average molecular weight is 269 g/mol. The Hall–Kier alpha value is -1.56. The molecule has 2 rings (SSSR count). The SMILES string of the molecule is O=C(O)[C@@H]1CS[C@H](Cc2ccc(F)cc2)C(=O)N1. The summed E-state index contributed by atoms with van der Waals surface area (Å²) in [4.78, 5) is 22.4. The normalized spacial score (nSPS) is 23.5. The third kappa shape index (κ3) is 3.01. The Balaban J connectivity index is 1.97. The number of carboxylic acid groups (broad SMARTS) is 1. The minimum Gasteiger partial charge on any atom is -0.480 e. The van der Waals surface area contributed by atoms with Crippen LogP contribution in [0.15, 0.2) is 24.3 Å². The van der Waals surface area contributed by atoms with Crippen LogP contribution in [0.1, 0.15) is 5.56 Å². The van der Waals surface area contributed by atoms with Gasteiger partial charge in [-0.3, -0.25) is 4.79 Å². The zero-order valence-corrected chi connectivity index (χ0v) is 10.2. The van der Waals surface area contributed by atoms with Crippen molar-refractivity contribution >= 4 is 23.6 Å². The van der Waals surface area contributed by atoms with Gasteiger partial charge in [0.15, 0.2) is 0 Å². The molecule has 0 saturated carbocycles. The highest BCUT2D eigenvalue weighted by atomic mass is 32.2. The first-order valence-electron chi connectivity index (χ1n) is 5.45. The lowest BCUT2D eigenvalue weighted by Crippen LogP contribution is -2.51.